The third-order valence-electron chi connectivity index (χ3n) is 1.51. The Morgan fingerprint density at radius 2 is 1.73 bits per heavy atom. The second kappa shape index (κ2) is 9.99. The summed E-state index contributed by atoms with van der Waals surface area (Å²) in [5.74, 6) is -0.0972. The molecule has 1 amide bonds. The Morgan fingerprint density at radius 3 is 1.73 bits per heavy atom. The van der Waals surface area contributed by atoms with E-state index in [9.17, 15) is 4.79 Å². The lowest BCUT2D eigenvalue weighted by molar-refractivity contribution is -0.870. The zero-order chi connectivity index (χ0) is 11.8. The van der Waals surface area contributed by atoms with Crippen LogP contribution in [0, 0.1) is 0 Å². The molecule has 0 radical (unpaired) electrons. The number of rotatable bonds is 3. The van der Waals surface area contributed by atoms with E-state index in [0.29, 0.717) is 5.57 Å². The minimum atomic E-state index is -0.0972. The maximum absolute atomic E-state index is 10.3. The first-order valence-corrected chi connectivity index (χ1v) is 4.92. The van der Waals surface area contributed by atoms with Crippen molar-refractivity contribution in [1.29, 1.82) is 0 Å². The normalized spacial score (nSPS) is 9.20. The average molecular weight is 237 g/mol. The molecule has 0 aliphatic carbocycles. The number of hydrogen-bond donors (Lipinski definition) is 1. The van der Waals surface area contributed by atoms with Crippen molar-refractivity contribution >= 4 is 5.91 Å². The zero-order valence-corrected chi connectivity index (χ0v) is 11.6. The summed E-state index contributed by atoms with van der Waals surface area (Å²) in [6.45, 7) is 8.57. The van der Waals surface area contributed by atoms with Gasteiger partial charge in [0, 0.05) is 12.6 Å². The van der Waals surface area contributed by atoms with Gasteiger partial charge in [-0.15, -0.1) is 0 Å². The van der Waals surface area contributed by atoms with Crippen LogP contribution in [0.1, 0.15) is 20.3 Å². The predicted octanol–water partition coefficient (Wildman–Crippen LogP) is -1.58. The molecule has 0 bridgehead atoms. The van der Waals surface area contributed by atoms with Crippen LogP contribution in [-0.2, 0) is 4.79 Å². The van der Waals surface area contributed by atoms with E-state index in [1.165, 1.54) is 13.0 Å². The lowest BCUT2D eigenvalue weighted by atomic mass is 10.3. The summed E-state index contributed by atoms with van der Waals surface area (Å²) >= 11 is 0. The van der Waals surface area contributed by atoms with E-state index in [2.05, 4.69) is 40.0 Å². The summed E-state index contributed by atoms with van der Waals surface area (Å²) in [6.07, 6.45) is 1.28. The minimum absolute atomic E-state index is 0. The van der Waals surface area contributed by atoms with Gasteiger partial charge in [0.15, 0.2) is 0 Å². The van der Waals surface area contributed by atoms with Crippen molar-refractivity contribution < 1.29 is 21.7 Å². The van der Waals surface area contributed by atoms with Crippen LogP contribution in [0.15, 0.2) is 12.2 Å². The molecular weight excluding hydrogens is 212 g/mol. The molecule has 15 heavy (non-hydrogen) atoms. The highest BCUT2D eigenvalue weighted by Crippen LogP contribution is 1.90. The number of halogens is 1. The molecule has 92 valence electrons. The van der Waals surface area contributed by atoms with Crippen molar-refractivity contribution in [2.75, 3.05) is 34.7 Å². The Kier molecular flexibility index (Phi) is 13.3. The summed E-state index contributed by atoms with van der Waals surface area (Å²) in [4.78, 5) is 10.3. The summed E-state index contributed by atoms with van der Waals surface area (Å²) in [5, 5.41) is 2.43. The molecule has 3 nitrogen and oxygen atoms in total. The van der Waals surface area contributed by atoms with E-state index in [0.717, 1.165) is 4.48 Å². The molecule has 0 aliphatic rings. The van der Waals surface area contributed by atoms with Crippen LogP contribution >= 0.6 is 0 Å². The average Bonchev–Trinajstić information content (AvgIpc) is 2.01. The van der Waals surface area contributed by atoms with Gasteiger partial charge in [-0.05, 0) is 13.3 Å². The number of nitrogens with zero attached hydrogens (tertiary/aromatic N) is 1. The van der Waals surface area contributed by atoms with Crippen LogP contribution in [0.5, 0.6) is 0 Å². The third-order valence-corrected chi connectivity index (χ3v) is 1.51. The summed E-state index contributed by atoms with van der Waals surface area (Å²) in [5.41, 5.74) is 0.544. The van der Waals surface area contributed by atoms with Crippen molar-refractivity contribution in [2.45, 2.75) is 20.3 Å². The highest BCUT2D eigenvalue weighted by atomic mass is 35.5. The maximum atomic E-state index is 10.3. The van der Waals surface area contributed by atoms with Crippen molar-refractivity contribution in [1.82, 2.24) is 5.32 Å². The molecule has 0 unspecified atom stereocenters. The van der Waals surface area contributed by atoms with Gasteiger partial charge in [0.2, 0.25) is 5.91 Å². The first-order chi connectivity index (χ1) is 6.24. The Balaban J connectivity index is -0.000000180. The molecule has 4 heteroatoms. The minimum Gasteiger partial charge on any atom is -1.00 e. The van der Waals surface area contributed by atoms with Crippen LogP contribution in [0.3, 0.4) is 0 Å². The zero-order valence-electron chi connectivity index (χ0n) is 10.9. The fourth-order valence-electron chi connectivity index (χ4n) is 0.884. The number of carbonyl (C=O) groups excluding carboxylic acids is 1. The maximum Gasteiger partial charge on any atom is 0.246 e. The van der Waals surface area contributed by atoms with Crippen molar-refractivity contribution in [3.8, 4) is 0 Å². The van der Waals surface area contributed by atoms with E-state index in [1.807, 2.05) is 0 Å². The Bertz CT molecular complexity index is 186. The van der Waals surface area contributed by atoms with Crippen molar-refractivity contribution in [2.24, 2.45) is 0 Å². The molecule has 1 N–H and O–H groups in total. The number of nitrogens with one attached hydrogen (secondary N) is 1. The van der Waals surface area contributed by atoms with E-state index >= 15 is 0 Å². The molecule has 0 fully saturated rings. The monoisotopic (exact) mass is 236 g/mol. The largest absolute Gasteiger partial charge is 1.00 e. The topological polar surface area (TPSA) is 29.1 Å². The van der Waals surface area contributed by atoms with Gasteiger partial charge in [0.25, 0.3) is 0 Å². The number of likely N-dealkylation sites (N-methyl/N-ethyl adjacent to an activating group) is 1. The van der Waals surface area contributed by atoms with Gasteiger partial charge >= 0.3 is 0 Å². The number of amides is 1. The molecule has 0 aromatic heterocycles. The second-order valence-corrected chi connectivity index (χ2v) is 4.37. The van der Waals surface area contributed by atoms with Crippen LogP contribution in [-0.4, -0.2) is 45.1 Å². The van der Waals surface area contributed by atoms with Gasteiger partial charge in [-0.25, -0.2) is 0 Å². The van der Waals surface area contributed by atoms with E-state index in [4.69, 9.17) is 0 Å². The SMILES string of the molecule is C=C(C)C(=O)NC.CCC[N+](C)(C)C.[Cl-]. The van der Waals surface area contributed by atoms with E-state index in [-0.39, 0.29) is 18.3 Å². The lowest BCUT2D eigenvalue weighted by Gasteiger charge is -2.22. The number of hydrogen-bond acceptors (Lipinski definition) is 1. The van der Waals surface area contributed by atoms with E-state index in [1.54, 1.807) is 14.0 Å². The molecule has 0 rings (SSSR count). The smallest absolute Gasteiger partial charge is 0.246 e. The Hall–Kier alpha value is -0.540. The highest BCUT2D eigenvalue weighted by molar-refractivity contribution is 5.91. The summed E-state index contributed by atoms with van der Waals surface area (Å²) < 4.78 is 1.09. The summed E-state index contributed by atoms with van der Waals surface area (Å²) in [6, 6.07) is 0. The van der Waals surface area contributed by atoms with E-state index < -0.39 is 0 Å². The number of quaternary nitrogens is 1. The standard InChI is InChI=1S/C6H16N.C5H9NO.ClH/c1-5-6-7(2,3)4;1-4(2)5(7)6-3;/h5-6H2,1-4H3;1H2,2-3H3,(H,6,7);1H/q+1;;/p-1. The van der Waals surface area contributed by atoms with Gasteiger partial charge < -0.3 is 22.2 Å². The molecule has 0 heterocycles. The van der Waals surface area contributed by atoms with Gasteiger partial charge in [0.1, 0.15) is 0 Å². The van der Waals surface area contributed by atoms with Gasteiger partial charge in [0.05, 0.1) is 27.7 Å². The van der Waals surface area contributed by atoms with Gasteiger partial charge in [-0.2, -0.15) is 0 Å². The molecule has 0 spiro atoms. The highest BCUT2D eigenvalue weighted by Gasteiger charge is 2.01. The quantitative estimate of drug-likeness (QED) is 0.465. The third kappa shape index (κ3) is 19.8. The molecular formula is C11H25ClN2O. The van der Waals surface area contributed by atoms with Crippen molar-refractivity contribution in [3.63, 3.8) is 0 Å². The fraction of sp³-hybridized carbons (Fsp3) is 0.727. The first kappa shape index (κ1) is 19.9. The van der Waals surface area contributed by atoms with Crippen LogP contribution in [0.25, 0.3) is 0 Å². The van der Waals surface area contributed by atoms with Crippen LogP contribution in [0.4, 0.5) is 0 Å². The van der Waals surface area contributed by atoms with Crippen LogP contribution in [0.2, 0.25) is 0 Å². The molecule has 0 saturated heterocycles. The molecule has 0 aromatic carbocycles. The first-order valence-electron chi connectivity index (χ1n) is 4.92. The summed E-state index contributed by atoms with van der Waals surface area (Å²) in [7, 11) is 8.22. The molecule has 0 saturated carbocycles. The second-order valence-electron chi connectivity index (χ2n) is 4.37. The number of carbonyl (C=O) groups is 1. The molecule has 0 aliphatic heterocycles. The molecule has 0 aromatic rings. The predicted molar refractivity (Wildman–Crippen MR) is 62.1 cm³/mol. The Labute approximate surface area is 101 Å². The van der Waals surface area contributed by atoms with Gasteiger partial charge in [-0.3, -0.25) is 4.79 Å². The van der Waals surface area contributed by atoms with Crippen molar-refractivity contribution in [3.05, 3.63) is 12.2 Å². The fourth-order valence-corrected chi connectivity index (χ4v) is 0.884. The molecule has 0 atom stereocenters. The Morgan fingerprint density at radius 1 is 1.33 bits per heavy atom. The lowest BCUT2D eigenvalue weighted by Crippen LogP contribution is -3.00. The van der Waals surface area contributed by atoms with Crippen LogP contribution < -0.4 is 17.7 Å². The van der Waals surface area contributed by atoms with Gasteiger partial charge in [-0.1, -0.05) is 13.5 Å².